The maximum absolute atomic E-state index is 13.8. The number of amides is 2. The smallest absolute Gasteiger partial charge is 0.277 e. The molecule has 1 aliphatic heterocycles. The maximum Gasteiger partial charge on any atom is 0.277 e. The lowest BCUT2D eigenvalue weighted by Crippen LogP contribution is -2.39. The van der Waals surface area contributed by atoms with Crippen molar-refractivity contribution in [2.24, 2.45) is 0 Å². The Hall–Kier alpha value is -4.66. The van der Waals surface area contributed by atoms with Crippen LogP contribution in [-0.2, 0) is 6.42 Å². The Morgan fingerprint density at radius 2 is 1.58 bits per heavy atom. The quantitative estimate of drug-likeness (QED) is 0.436. The summed E-state index contributed by atoms with van der Waals surface area (Å²) in [6.07, 6.45) is 2.18. The summed E-state index contributed by atoms with van der Waals surface area (Å²) in [5.41, 5.74) is 3.19. The summed E-state index contributed by atoms with van der Waals surface area (Å²) >= 11 is 0. The number of hydrogen-bond donors (Lipinski definition) is 0. The predicted octanol–water partition coefficient (Wildman–Crippen LogP) is 2.94. The molecule has 0 aliphatic carbocycles. The average Bonchev–Trinajstić information content (AvgIpc) is 3.29. The first-order valence-electron chi connectivity index (χ1n) is 11.5. The van der Waals surface area contributed by atoms with Crippen molar-refractivity contribution in [3.8, 4) is 17.1 Å². The lowest BCUT2D eigenvalue weighted by Gasteiger charge is -2.28. The monoisotopic (exact) mass is 483 g/mol. The van der Waals surface area contributed by atoms with Crippen LogP contribution in [0.1, 0.15) is 26.5 Å². The van der Waals surface area contributed by atoms with E-state index in [-0.39, 0.29) is 23.1 Å². The molecule has 3 heterocycles. The Bertz CT molecular complexity index is 1500. The van der Waals surface area contributed by atoms with Crippen molar-refractivity contribution in [2.45, 2.75) is 6.42 Å². The van der Waals surface area contributed by atoms with Gasteiger partial charge in [-0.15, -0.1) is 0 Å². The summed E-state index contributed by atoms with van der Waals surface area (Å²) in [5, 5.41) is 4.58. The van der Waals surface area contributed by atoms with E-state index in [1.54, 1.807) is 80.8 Å². The SMILES string of the molecule is COc1ccc(-n2nc(C(=O)N(C)C)c3c2C(=O)N(c2ccc(-n4ccccc4=O)cc2)CC3)cc1. The van der Waals surface area contributed by atoms with Gasteiger partial charge in [-0.1, -0.05) is 6.07 Å². The van der Waals surface area contributed by atoms with Gasteiger partial charge in [-0.05, 0) is 61.0 Å². The van der Waals surface area contributed by atoms with E-state index in [2.05, 4.69) is 5.10 Å². The zero-order chi connectivity index (χ0) is 25.4. The fraction of sp³-hybridized carbons (Fsp3) is 0.185. The Balaban J connectivity index is 1.55. The Labute approximate surface area is 207 Å². The molecule has 4 aromatic rings. The fourth-order valence-electron chi connectivity index (χ4n) is 4.33. The largest absolute Gasteiger partial charge is 0.497 e. The van der Waals surface area contributed by atoms with Gasteiger partial charge >= 0.3 is 0 Å². The number of nitrogens with zero attached hydrogens (tertiary/aromatic N) is 5. The van der Waals surface area contributed by atoms with Crippen molar-refractivity contribution in [3.05, 3.63) is 100 Å². The van der Waals surface area contributed by atoms with E-state index >= 15 is 0 Å². The molecule has 2 amide bonds. The molecule has 9 heteroatoms. The number of ether oxygens (including phenoxy) is 1. The second kappa shape index (κ2) is 9.18. The van der Waals surface area contributed by atoms with Gasteiger partial charge < -0.3 is 14.5 Å². The van der Waals surface area contributed by atoms with Gasteiger partial charge in [0.15, 0.2) is 5.69 Å². The molecule has 0 saturated heterocycles. The van der Waals surface area contributed by atoms with Crippen molar-refractivity contribution in [3.63, 3.8) is 0 Å². The highest BCUT2D eigenvalue weighted by Crippen LogP contribution is 2.30. The fourth-order valence-corrected chi connectivity index (χ4v) is 4.33. The van der Waals surface area contributed by atoms with Crippen LogP contribution in [0.5, 0.6) is 5.75 Å². The molecular weight excluding hydrogens is 458 g/mol. The Morgan fingerprint density at radius 3 is 2.22 bits per heavy atom. The van der Waals surface area contributed by atoms with Gasteiger partial charge in [0, 0.05) is 49.8 Å². The van der Waals surface area contributed by atoms with Crippen molar-refractivity contribution in [2.75, 3.05) is 32.6 Å². The van der Waals surface area contributed by atoms with Gasteiger partial charge in [0.2, 0.25) is 0 Å². The third-order valence-corrected chi connectivity index (χ3v) is 6.20. The molecule has 2 aromatic carbocycles. The zero-order valence-corrected chi connectivity index (χ0v) is 20.2. The van der Waals surface area contributed by atoms with Gasteiger partial charge in [0.05, 0.1) is 12.8 Å². The van der Waals surface area contributed by atoms with E-state index < -0.39 is 0 Å². The molecule has 0 bridgehead atoms. The van der Waals surface area contributed by atoms with Crippen molar-refractivity contribution in [1.82, 2.24) is 19.2 Å². The number of pyridine rings is 1. The molecule has 1 aliphatic rings. The van der Waals surface area contributed by atoms with Crippen LogP contribution in [0.4, 0.5) is 5.69 Å². The summed E-state index contributed by atoms with van der Waals surface area (Å²) in [5.74, 6) is 0.175. The number of hydrogen-bond acceptors (Lipinski definition) is 5. The van der Waals surface area contributed by atoms with Crippen molar-refractivity contribution >= 4 is 17.5 Å². The number of methoxy groups -OCH3 is 1. The van der Waals surface area contributed by atoms with Crippen LogP contribution in [-0.4, -0.2) is 58.8 Å². The van der Waals surface area contributed by atoms with Crippen LogP contribution in [0.25, 0.3) is 11.4 Å². The lowest BCUT2D eigenvalue weighted by atomic mass is 10.0. The van der Waals surface area contributed by atoms with E-state index in [1.807, 2.05) is 12.1 Å². The number of carbonyl (C=O) groups is 2. The molecule has 0 unspecified atom stereocenters. The molecule has 0 spiro atoms. The summed E-state index contributed by atoms with van der Waals surface area (Å²) in [6, 6.07) is 19.4. The molecule has 0 fully saturated rings. The minimum absolute atomic E-state index is 0.134. The summed E-state index contributed by atoms with van der Waals surface area (Å²) in [4.78, 5) is 42.0. The van der Waals surface area contributed by atoms with Gasteiger partial charge in [0.1, 0.15) is 11.4 Å². The van der Waals surface area contributed by atoms with Crippen LogP contribution >= 0.6 is 0 Å². The highest BCUT2D eigenvalue weighted by Gasteiger charge is 2.35. The van der Waals surface area contributed by atoms with Crippen molar-refractivity contribution < 1.29 is 14.3 Å². The number of anilines is 1. The number of fused-ring (bicyclic) bond motifs is 1. The topological polar surface area (TPSA) is 89.7 Å². The van der Waals surface area contributed by atoms with Crippen LogP contribution < -0.4 is 15.2 Å². The lowest BCUT2D eigenvalue weighted by molar-refractivity contribution is 0.0820. The first-order valence-corrected chi connectivity index (χ1v) is 11.5. The molecular formula is C27H25N5O4. The summed E-state index contributed by atoms with van der Waals surface area (Å²) in [7, 11) is 4.91. The molecule has 0 atom stereocenters. The first kappa shape index (κ1) is 23.1. The molecule has 0 radical (unpaired) electrons. The third-order valence-electron chi connectivity index (χ3n) is 6.20. The third kappa shape index (κ3) is 3.94. The Kier molecular flexibility index (Phi) is 5.89. The van der Waals surface area contributed by atoms with E-state index in [4.69, 9.17) is 4.74 Å². The van der Waals surface area contributed by atoms with Gasteiger partial charge in [-0.2, -0.15) is 5.10 Å². The molecule has 0 N–H and O–H groups in total. The van der Waals surface area contributed by atoms with Crippen LogP contribution in [0, 0.1) is 0 Å². The number of rotatable bonds is 5. The van der Waals surface area contributed by atoms with E-state index in [0.29, 0.717) is 47.0 Å². The highest BCUT2D eigenvalue weighted by molar-refractivity contribution is 6.09. The minimum atomic E-state index is -0.252. The molecule has 182 valence electrons. The summed E-state index contributed by atoms with van der Waals surface area (Å²) in [6.45, 7) is 0.401. The minimum Gasteiger partial charge on any atom is -0.497 e. The van der Waals surface area contributed by atoms with Crippen molar-refractivity contribution in [1.29, 1.82) is 0 Å². The van der Waals surface area contributed by atoms with Crippen LogP contribution in [0.3, 0.4) is 0 Å². The van der Waals surface area contributed by atoms with Crippen LogP contribution in [0.2, 0.25) is 0 Å². The molecule has 2 aromatic heterocycles. The van der Waals surface area contributed by atoms with Gasteiger partial charge in [-0.3, -0.25) is 19.0 Å². The standard InChI is InChI=1S/C27H25N5O4/c1-29(2)26(34)24-22-15-17-31(19-9-7-18(8-10-19)30-16-5-4-6-23(30)33)27(35)25(22)32(28-24)20-11-13-21(36-3)14-12-20/h4-14,16H,15,17H2,1-3H3. The molecule has 0 saturated carbocycles. The van der Waals surface area contributed by atoms with Crippen LogP contribution in [0.15, 0.2) is 77.7 Å². The van der Waals surface area contributed by atoms with E-state index in [1.165, 1.54) is 20.2 Å². The zero-order valence-electron chi connectivity index (χ0n) is 20.2. The number of aromatic nitrogens is 3. The Morgan fingerprint density at radius 1 is 0.917 bits per heavy atom. The highest BCUT2D eigenvalue weighted by atomic mass is 16.5. The normalized spacial score (nSPS) is 12.9. The average molecular weight is 484 g/mol. The van der Waals surface area contributed by atoms with E-state index in [0.717, 1.165) is 0 Å². The number of carbonyl (C=O) groups excluding carboxylic acids is 2. The molecule has 5 rings (SSSR count). The van der Waals surface area contributed by atoms with Gasteiger partial charge in [-0.25, -0.2) is 4.68 Å². The van der Waals surface area contributed by atoms with Gasteiger partial charge in [0.25, 0.3) is 17.4 Å². The summed E-state index contributed by atoms with van der Waals surface area (Å²) < 4.78 is 8.33. The predicted molar refractivity (Wildman–Crippen MR) is 136 cm³/mol. The molecule has 9 nitrogen and oxygen atoms in total. The molecule has 36 heavy (non-hydrogen) atoms. The number of benzene rings is 2. The maximum atomic E-state index is 13.8. The second-order valence-electron chi connectivity index (χ2n) is 8.62. The second-order valence-corrected chi connectivity index (χ2v) is 8.62. The van der Waals surface area contributed by atoms with E-state index in [9.17, 15) is 14.4 Å². The first-order chi connectivity index (χ1) is 17.4.